The lowest BCUT2D eigenvalue weighted by Crippen LogP contribution is -2.22. The van der Waals surface area contributed by atoms with Crippen LogP contribution in [0, 0.1) is 11.8 Å². The molecule has 1 atom stereocenters. The topological polar surface area (TPSA) is 65.6 Å². The molecule has 0 spiro atoms. The first-order valence-electron chi connectivity index (χ1n) is 7.76. The summed E-state index contributed by atoms with van der Waals surface area (Å²) in [7, 11) is 0. The molecule has 3 N–H and O–H groups in total. The molecule has 0 saturated carbocycles. The van der Waals surface area contributed by atoms with Gasteiger partial charge in [0, 0.05) is 18.2 Å². The fourth-order valence-corrected chi connectivity index (χ4v) is 2.75. The summed E-state index contributed by atoms with van der Waals surface area (Å²) in [4.78, 5) is 11.9. The predicted molar refractivity (Wildman–Crippen MR) is 91.2 cm³/mol. The maximum absolute atomic E-state index is 4.38. The Labute approximate surface area is 134 Å². The molecule has 0 radical (unpaired) electrons. The number of benzene rings is 1. The first-order valence-corrected chi connectivity index (χ1v) is 7.76. The summed E-state index contributed by atoms with van der Waals surface area (Å²) in [6, 6.07) is 12.4. The molecule has 1 unspecified atom stereocenters. The molecule has 23 heavy (non-hydrogen) atoms. The van der Waals surface area contributed by atoms with Crippen LogP contribution in [-0.4, -0.2) is 34.1 Å². The Bertz CT molecular complexity index is 867. The van der Waals surface area contributed by atoms with Crippen molar-refractivity contribution < 1.29 is 0 Å². The Kier molecular flexibility index (Phi) is 3.66. The quantitative estimate of drug-likeness (QED) is 0.635. The van der Waals surface area contributed by atoms with Crippen molar-refractivity contribution in [3.8, 4) is 11.8 Å². The minimum atomic E-state index is 0.418. The zero-order valence-electron chi connectivity index (χ0n) is 12.6. The summed E-state index contributed by atoms with van der Waals surface area (Å²) < 4.78 is 0. The summed E-state index contributed by atoms with van der Waals surface area (Å²) in [6.07, 6.45) is 2.69. The van der Waals surface area contributed by atoms with Gasteiger partial charge in [-0.3, -0.25) is 0 Å². The molecule has 3 heterocycles. The summed E-state index contributed by atoms with van der Waals surface area (Å²) in [5.74, 6) is 7.18. The van der Waals surface area contributed by atoms with Gasteiger partial charge in [0.25, 0.3) is 0 Å². The molecule has 1 aliphatic rings. The van der Waals surface area contributed by atoms with Crippen molar-refractivity contribution in [1.29, 1.82) is 0 Å². The summed E-state index contributed by atoms with van der Waals surface area (Å²) >= 11 is 0. The molecule has 5 heteroatoms. The van der Waals surface area contributed by atoms with Crippen LogP contribution < -0.4 is 10.6 Å². The Hall–Kier alpha value is -2.84. The number of aromatic amines is 1. The van der Waals surface area contributed by atoms with Gasteiger partial charge in [0.1, 0.15) is 17.8 Å². The molecular weight excluding hydrogens is 286 g/mol. The van der Waals surface area contributed by atoms with E-state index < -0.39 is 0 Å². The highest BCUT2D eigenvalue weighted by Gasteiger charge is 2.16. The van der Waals surface area contributed by atoms with E-state index in [0.29, 0.717) is 6.04 Å². The highest BCUT2D eigenvalue weighted by molar-refractivity contribution is 5.88. The average Bonchev–Trinajstić information content (AvgIpc) is 3.23. The normalized spacial score (nSPS) is 17.0. The van der Waals surface area contributed by atoms with Crippen LogP contribution >= 0.6 is 0 Å². The lowest BCUT2D eigenvalue weighted by atomic mass is 10.2. The van der Waals surface area contributed by atoms with Gasteiger partial charge >= 0.3 is 0 Å². The smallest absolute Gasteiger partial charge is 0.143 e. The van der Waals surface area contributed by atoms with Crippen molar-refractivity contribution in [3.05, 3.63) is 54.0 Å². The Morgan fingerprint density at radius 2 is 2.04 bits per heavy atom. The average molecular weight is 303 g/mol. The van der Waals surface area contributed by atoms with Crippen molar-refractivity contribution in [2.45, 2.75) is 12.5 Å². The minimum absolute atomic E-state index is 0.418. The molecule has 0 amide bonds. The second kappa shape index (κ2) is 6.11. The van der Waals surface area contributed by atoms with Gasteiger partial charge in [-0.05, 0) is 37.1 Å². The fourth-order valence-electron chi connectivity index (χ4n) is 2.75. The van der Waals surface area contributed by atoms with E-state index in [0.717, 1.165) is 47.6 Å². The van der Waals surface area contributed by atoms with Crippen molar-refractivity contribution in [1.82, 2.24) is 20.3 Å². The number of hydrogen-bond acceptors (Lipinski definition) is 4. The van der Waals surface area contributed by atoms with Crippen molar-refractivity contribution >= 4 is 16.9 Å². The zero-order chi connectivity index (χ0) is 15.5. The maximum atomic E-state index is 4.38. The second-order valence-corrected chi connectivity index (χ2v) is 5.62. The van der Waals surface area contributed by atoms with E-state index in [1.54, 1.807) is 6.33 Å². The van der Waals surface area contributed by atoms with Gasteiger partial charge in [0.2, 0.25) is 0 Å². The molecule has 0 aliphatic carbocycles. The number of hydrogen-bond donors (Lipinski definition) is 3. The van der Waals surface area contributed by atoms with E-state index in [-0.39, 0.29) is 0 Å². The molecule has 114 valence electrons. The zero-order valence-corrected chi connectivity index (χ0v) is 12.6. The molecule has 1 fully saturated rings. The van der Waals surface area contributed by atoms with Crippen LogP contribution in [0.4, 0.5) is 5.82 Å². The third-order valence-corrected chi connectivity index (χ3v) is 3.94. The van der Waals surface area contributed by atoms with E-state index in [4.69, 9.17) is 0 Å². The molecule has 2 aromatic heterocycles. The van der Waals surface area contributed by atoms with E-state index in [9.17, 15) is 0 Å². The number of anilines is 1. The standard InChI is InChI=1S/C18H17N5/c1-2-4-13(5-3-1)6-7-14-10-16-17(22-14)20-12-21-18(16)23-15-8-9-19-11-15/h1-5,10,12,15,19H,8-9,11H2,(H2,20,21,22,23). The van der Waals surface area contributed by atoms with Gasteiger partial charge in [-0.2, -0.15) is 0 Å². The van der Waals surface area contributed by atoms with Crippen molar-refractivity contribution in [2.75, 3.05) is 18.4 Å². The molecule has 1 aliphatic heterocycles. The van der Waals surface area contributed by atoms with Gasteiger partial charge in [-0.1, -0.05) is 24.1 Å². The first kappa shape index (κ1) is 13.8. The molecule has 1 saturated heterocycles. The molecule has 3 aromatic rings. The highest BCUT2D eigenvalue weighted by Crippen LogP contribution is 2.21. The van der Waals surface area contributed by atoms with Gasteiger partial charge in [-0.25, -0.2) is 9.97 Å². The predicted octanol–water partition coefficient (Wildman–Crippen LogP) is 2.13. The van der Waals surface area contributed by atoms with Crippen LogP contribution in [0.2, 0.25) is 0 Å². The van der Waals surface area contributed by atoms with Crippen LogP contribution in [0.3, 0.4) is 0 Å². The van der Waals surface area contributed by atoms with Crippen molar-refractivity contribution in [2.24, 2.45) is 0 Å². The Morgan fingerprint density at radius 1 is 1.13 bits per heavy atom. The minimum Gasteiger partial charge on any atom is -0.365 e. The molecule has 4 rings (SSSR count). The third kappa shape index (κ3) is 3.03. The third-order valence-electron chi connectivity index (χ3n) is 3.94. The summed E-state index contributed by atoms with van der Waals surface area (Å²) in [5.41, 5.74) is 2.65. The van der Waals surface area contributed by atoms with Crippen molar-refractivity contribution in [3.63, 3.8) is 0 Å². The van der Waals surface area contributed by atoms with E-state index in [2.05, 4.69) is 37.4 Å². The number of rotatable bonds is 2. The summed E-state index contributed by atoms with van der Waals surface area (Å²) in [6.45, 7) is 2.02. The lowest BCUT2D eigenvalue weighted by Gasteiger charge is -2.11. The first-order chi connectivity index (χ1) is 11.4. The maximum Gasteiger partial charge on any atom is 0.143 e. The van der Waals surface area contributed by atoms with Crippen LogP contribution in [0.5, 0.6) is 0 Å². The molecule has 0 bridgehead atoms. The number of nitrogens with one attached hydrogen (secondary N) is 3. The molecular formula is C18H17N5. The number of aromatic nitrogens is 3. The summed E-state index contributed by atoms with van der Waals surface area (Å²) in [5, 5.41) is 7.82. The largest absolute Gasteiger partial charge is 0.365 e. The van der Waals surface area contributed by atoms with Gasteiger partial charge < -0.3 is 15.6 Å². The van der Waals surface area contributed by atoms with Crippen LogP contribution in [0.1, 0.15) is 17.7 Å². The molecule has 5 nitrogen and oxygen atoms in total. The number of H-pyrrole nitrogens is 1. The van der Waals surface area contributed by atoms with Crippen LogP contribution in [0.25, 0.3) is 11.0 Å². The van der Waals surface area contributed by atoms with E-state index >= 15 is 0 Å². The van der Waals surface area contributed by atoms with E-state index in [1.807, 2.05) is 36.4 Å². The van der Waals surface area contributed by atoms with Gasteiger partial charge in [0.05, 0.1) is 11.1 Å². The van der Waals surface area contributed by atoms with Gasteiger partial charge in [-0.15, -0.1) is 0 Å². The number of nitrogens with zero attached hydrogens (tertiary/aromatic N) is 2. The van der Waals surface area contributed by atoms with Crippen LogP contribution in [0.15, 0.2) is 42.7 Å². The lowest BCUT2D eigenvalue weighted by molar-refractivity contribution is 0.789. The molecule has 1 aromatic carbocycles. The Morgan fingerprint density at radius 3 is 2.87 bits per heavy atom. The van der Waals surface area contributed by atoms with Crippen LogP contribution in [-0.2, 0) is 0 Å². The Balaban J connectivity index is 1.64. The van der Waals surface area contributed by atoms with Gasteiger partial charge in [0.15, 0.2) is 0 Å². The highest BCUT2D eigenvalue weighted by atomic mass is 15.1. The fraction of sp³-hybridized carbons (Fsp3) is 0.222. The van der Waals surface area contributed by atoms with E-state index in [1.165, 1.54) is 0 Å². The monoisotopic (exact) mass is 303 g/mol. The second-order valence-electron chi connectivity index (χ2n) is 5.62. The number of fused-ring (bicyclic) bond motifs is 1. The SMILES string of the molecule is C(#Cc1cc2c(NC3CCNC3)ncnc2[nH]1)c1ccccc1.